The van der Waals surface area contributed by atoms with E-state index in [0.29, 0.717) is 38.9 Å². The Balaban J connectivity index is 1.91. The molecule has 0 saturated carbocycles. The van der Waals surface area contributed by atoms with Crippen molar-refractivity contribution in [1.82, 2.24) is 8.75 Å². The zero-order chi connectivity index (χ0) is 15.0. The molecule has 3 aromatic rings. The van der Waals surface area contributed by atoms with Crippen molar-refractivity contribution in [3.8, 4) is 0 Å². The van der Waals surface area contributed by atoms with Crippen molar-refractivity contribution in [1.29, 1.82) is 0 Å². The molecule has 0 aliphatic heterocycles. The average molecular weight is 342 g/mol. The van der Waals surface area contributed by atoms with Gasteiger partial charge in [0, 0.05) is 6.54 Å². The molecule has 1 N–H and O–H groups in total. The highest BCUT2D eigenvalue weighted by Crippen LogP contribution is 2.35. The van der Waals surface area contributed by atoms with E-state index in [-0.39, 0.29) is 5.82 Å². The lowest BCUT2D eigenvalue weighted by molar-refractivity contribution is 0.616. The van der Waals surface area contributed by atoms with Crippen LogP contribution in [0.25, 0.3) is 11.0 Å². The van der Waals surface area contributed by atoms with Gasteiger partial charge in [-0.1, -0.05) is 35.3 Å². The minimum atomic E-state index is -0.225. The van der Waals surface area contributed by atoms with Crippen molar-refractivity contribution in [3.05, 3.63) is 51.3 Å². The van der Waals surface area contributed by atoms with Crippen molar-refractivity contribution in [3.63, 3.8) is 0 Å². The molecule has 0 amide bonds. The number of hydrogen-bond donors (Lipinski definition) is 1. The number of rotatable bonds is 3. The van der Waals surface area contributed by atoms with Crippen molar-refractivity contribution in [2.45, 2.75) is 13.5 Å². The molecule has 108 valence electrons. The molecular formula is C14H10Cl2FN3S. The number of nitrogens with one attached hydrogen (secondary N) is 1. The van der Waals surface area contributed by atoms with Gasteiger partial charge >= 0.3 is 0 Å². The van der Waals surface area contributed by atoms with Crippen LogP contribution in [0, 0.1) is 12.7 Å². The SMILES string of the molecule is Cc1ccc(CNc2c(Cl)cc(Cl)c3nsnc23)cc1F. The van der Waals surface area contributed by atoms with Crippen molar-refractivity contribution in [2.24, 2.45) is 0 Å². The summed E-state index contributed by atoms with van der Waals surface area (Å²) in [6.45, 7) is 2.16. The van der Waals surface area contributed by atoms with Gasteiger partial charge in [0.25, 0.3) is 0 Å². The first-order chi connectivity index (χ1) is 10.1. The summed E-state index contributed by atoms with van der Waals surface area (Å²) in [7, 11) is 0. The number of nitrogens with zero attached hydrogens (tertiary/aromatic N) is 2. The van der Waals surface area contributed by atoms with Gasteiger partial charge in [0.05, 0.1) is 27.5 Å². The summed E-state index contributed by atoms with van der Waals surface area (Å²) in [5, 5.41) is 4.11. The average Bonchev–Trinajstić information content (AvgIpc) is 2.92. The van der Waals surface area contributed by atoms with E-state index in [4.69, 9.17) is 23.2 Å². The van der Waals surface area contributed by atoms with E-state index in [2.05, 4.69) is 14.1 Å². The Morgan fingerprint density at radius 3 is 2.67 bits per heavy atom. The molecule has 0 atom stereocenters. The van der Waals surface area contributed by atoms with Crippen LogP contribution in [0.4, 0.5) is 10.1 Å². The zero-order valence-electron chi connectivity index (χ0n) is 11.0. The predicted molar refractivity (Wildman–Crippen MR) is 85.9 cm³/mol. The van der Waals surface area contributed by atoms with Crippen LogP contribution < -0.4 is 5.32 Å². The molecule has 3 rings (SSSR count). The van der Waals surface area contributed by atoms with E-state index in [1.54, 1.807) is 19.1 Å². The molecule has 0 spiro atoms. The minimum Gasteiger partial charge on any atom is -0.378 e. The second-order valence-corrected chi connectivity index (χ2v) is 5.96. The van der Waals surface area contributed by atoms with Gasteiger partial charge in [0.15, 0.2) is 0 Å². The van der Waals surface area contributed by atoms with Gasteiger partial charge in [-0.2, -0.15) is 8.75 Å². The molecule has 0 aliphatic carbocycles. The fraction of sp³-hybridized carbons (Fsp3) is 0.143. The third kappa shape index (κ3) is 2.81. The number of aromatic nitrogens is 2. The molecule has 0 saturated heterocycles. The Morgan fingerprint density at radius 1 is 1.14 bits per heavy atom. The van der Waals surface area contributed by atoms with Crippen LogP contribution in [0.1, 0.15) is 11.1 Å². The smallest absolute Gasteiger partial charge is 0.130 e. The number of halogens is 3. The van der Waals surface area contributed by atoms with Crippen molar-refractivity contribution < 1.29 is 4.39 Å². The molecule has 2 aromatic carbocycles. The molecular weight excluding hydrogens is 332 g/mol. The maximum Gasteiger partial charge on any atom is 0.130 e. The lowest BCUT2D eigenvalue weighted by Crippen LogP contribution is -2.02. The highest BCUT2D eigenvalue weighted by Gasteiger charge is 2.13. The second kappa shape index (κ2) is 5.75. The number of anilines is 1. The Morgan fingerprint density at radius 2 is 1.90 bits per heavy atom. The van der Waals surface area contributed by atoms with E-state index in [9.17, 15) is 4.39 Å². The molecule has 21 heavy (non-hydrogen) atoms. The zero-order valence-corrected chi connectivity index (χ0v) is 13.3. The topological polar surface area (TPSA) is 37.8 Å². The van der Waals surface area contributed by atoms with E-state index in [1.807, 2.05) is 6.07 Å². The molecule has 0 aliphatic rings. The van der Waals surface area contributed by atoms with Gasteiger partial charge in [0.2, 0.25) is 0 Å². The fourth-order valence-electron chi connectivity index (χ4n) is 1.98. The molecule has 3 nitrogen and oxygen atoms in total. The van der Waals surface area contributed by atoms with Crippen LogP contribution in [-0.4, -0.2) is 8.75 Å². The maximum absolute atomic E-state index is 13.5. The number of fused-ring (bicyclic) bond motifs is 1. The van der Waals surface area contributed by atoms with Gasteiger partial charge in [-0.15, -0.1) is 0 Å². The molecule has 7 heteroatoms. The fourth-order valence-corrected chi connectivity index (χ4v) is 3.16. The highest BCUT2D eigenvalue weighted by molar-refractivity contribution is 7.00. The van der Waals surface area contributed by atoms with E-state index >= 15 is 0 Å². The summed E-state index contributed by atoms with van der Waals surface area (Å²) in [5.41, 5.74) is 3.34. The van der Waals surface area contributed by atoms with Crippen LogP contribution in [0.15, 0.2) is 24.3 Å². The number of aryl methyl sites for hydroxylation is 1. The first-order valence-electron chi connectivity index (χ1n) is 6.15. The van der Waals surface area contributed by atoms with Gasteiger partial charge in [-0.25, -0.2) is 4.39 Å². The quantitative estimate of drug-likeness (QED) is 0.723. The van der Waals surface area contributed by atoms with Gasteiger partial charge in [0.1, 0.15) is 16.9 Å². The largest absolute Gasteiger partial charge is 0.378 e. The Bertz CT molecular complexity index is 819. The molecule has 0 radical (unpaired) electrons. The second-order valence-electron chi connectivity index (χ2n) is 4.61. The summed E-state index contributed by atoms with van der Waals surface area (Å²) >= 11 is 13.4. The van der Waals surface area contributed by atoms with Gasteiger partial charge < -0.3 is 5.32 Å². The molecule has 1 heterocycles. The predicted octanol–water partition coefficient (Wildman–Crippen LogP) is 5.06. The summed E-state index contributed by atoms with van der Waals surface area (Å²) in [6, 6.07) is 6.75. The summed E-state index contributed by atoms with van der Waals surface area (Å²) in [5.74, 6) is -0.225. The van der Waals surface area contributed by atoms with Gasteiger partial charge in [-0.05, 0) is 30.2 Å². The van der Waals surface area contributed by atoms with Gasteiger partial charge in [-0.3, -0.25) is 0 Å². The lowest BCUT2D eigenvalue weighted by Gasteiger charge is -2.10. The molecule has 1 aromatic heterocycles. The Hall–Kier alpha value is -1.43. The summed E-state index contributed by atoms with van der Waals surface area (Å²) in [4.78, 5) is 0. The van der Waals surface area contributed by atoms with Crippen LogP contribution in [0.3, 0.4) is 0 Å². The third-order valence-corrected chi connectivity index (χ3v) is 4.26. The van der Waals surface area contributed by atoms with Crippen molar-refractivity contribution in [2.75, 3.05) is 5.32 Å². The maximum atomic E-state index is 13.5. The van der Waals surface area contributed by atoms with E-state index in [1.165, 1.54) is 6.07 Å². The standard InChI is InChI=1S/C14H10Cl2FN3S/c1-7-2-3-8(4-11(7)17)6-18-12-9(15)5-10(16)13-14(12)20-21-19-13/h2-5,18H,6H2,1H3. The van der Waals surface area contributed by atoms with Crippen LogP contribution in [-0.2, 0) is 6.54 Å². The van der Waals surface area contributed by atoms with E-state index < -0.39 is 0 Å². The van der Waals surface area contributed by atoms with Crippen LogP contribution in [0.2, 0.25) is 10.0 Å². The van der Waals surface area contributed by atoms with E-state index in [0.717, 1.165) is 17.3 Å². The summed E-state index contributed by atoms with van der Waals surface area (Å²) < 4.78 is 21.9. The lowest BCUT2D eigenvalue weighted by atomic mass is 10.1. The highest BCUT2D eigenvalue weighted by atomic mass is 35.5. The van der Waals surface area contributed by atoms with Crippen molar-refractivity contribution >= 4 is 51.7 Å². The first-order valence-corrected chi connectivity index (χ1v) is 7.64. The Labute approximate surface area is 135 Å². The third-order valence-electron chi connectivity index (χ3n) is 3.15. The molecule has 0 bridgehead atoms. The summed E-state index contributed by atoms with van der Waals surface area (Å²) in [6.07, 6.45) is 0. The number of benzene rings is 2. The Kier molecular flexibility index (Phi) is 3.97. The van der Waals surface area contributed by atoms with Crippen LogP contribution in [0.5, 0.6) is 0 Å². The molecule has 0 fully saturated rings. The normalized spacial score (nSPS) is 11.0. The monoisotopic (exact) mass is 341 g/mol. The number of hydrogen-bond acceptors (Lipinski definition) is 4. The minimum absolute atomic E-state index is 0.225. The first kappa shape index (κ1) is 14.5. The van der Waals surface area contributed by atoms with Crippen LogP contribution >= 0.6 is 34.9 Å². The molecule has 0 unspecified atom stereocenters.